The van der Waals surface area contributed by atoms with Crippen LogP contribution in [-0.4, -0.2) is 21.9 Å². The van der Waals surface area contributed by atoms with Crippen molar-refractivity contribution in [2.75, 3.05) is 6.61 Å². The molecule has 0 amide bonds. The minimum absolute atomic E-state index is 0.0380. The maximum absolute atomic E-state index is 10.5. The molecule has 0 bridgehead atoms. The molecule has 3 rings (SSSR count). The molecule has 1 aliphatic heterocycles. The van der Waals surface area contributed by atoms with E-state index in [1.54, 1.807) is 6.07 Å². The first kappa shape index (κ1) is 20.8. The third kappa shape index (κ3) is 4.26. The third-order valence-electron chi connectivity index (χ3n) is 5.55. The van der Waals surface area contributed by atoms with Crippen LogP contribution in [0.1, 0.15) is 55.9 Å². The number of benzene rings is 2. The van der Waals surface area contributed by atoms with Crippen molar-refractivity contribution in [3.05, 3.63) is 64.7 Å². The number of aromatic hydroxyl groups is 3. The first-order valence-corrected chi connectivity index (χ1v) is 10.0. The van der Waals surface area contributed by atoms with Crippen molar-refractivity contribution >= 4 is 5.57 Å². The molecular weight excluding hydrogens is 364 g/mol. The highest BCUT2D eigenvalue weighted by Gasteiger charge is 2.27. The van der Waals surface area contributed by atoms with Crippen LogP contribution in [0.25, 0.3) is 5.57 Å². The van der Waals surface area contributed by atoms with Crippen molar-refractivity contribution in [1.82, 2.24) is 0 Å². The van der Waals surface area contributed by atoms with Crippen LogP contribution < -0.4 is 4.74 Å². The van der Waals surface area contributed by atoms with Crippen molar-refractivity contribution in [2.45, 2.75) is 46.5 Å². The summed E-state index contributed by atoms with van der Waals surface area (Å²) in [5, 5.41) is 31.1. The van der Waals surface area contributed by atoms with Gasteiger partial charge >= 0.3 is 0 Å². The number of phenolic OH excluding ortho intramolecular Hbond substituents is 3. The van der Waals surface area contributed by atoms with Gasteiger partial charge in [-0.15, -0.1) is 0 Å². The van der Waals surface area contributed by atoms with Crippen LogP contribution in [-0.2, 0) is 12.8 Å². The average molecular weight is 395 g/mol. The molecule has 0 saturated carbocycles. The zero-order valence-corrected chi connectivity index (χ0v) is 17.6. The third-order valence-corrected chi connectivity index (χ3v) is 5.55. The summed E-state index contributed by atoms with van der Waals surface area (Å²) in [5.74, 6) is 1.20. The normalized spacial score (nSPS) is 15.6. The molecule has 3 N–H and O–H groups in total. The molecule has 2 aromatic rings. The highest BCUT2D eigenvalue weighted by molar-refractivity contribution is 5.72. The lowest BCUT2D eigenvalue weighted by Gasteiger charge is -2.28. The van der Waals surface area contributed by atoms with Crippen LogP contribution in [0.3, 0.4) is 0 Å². The summed E-state index contributed by atoms with van der Waals surface area (Å²) in [6.45, 7) is 12.6. The molecule has 0 aliphatic carbocycles. The Kier molecular flexibility index (Phi) is 5.92. The number of ether oxygens (including phenoxy) is 1. The molecular formula is C25H30O4. The molecule has 4 nitrogen and oxygen atoms in total. The Balaban J connectivity index is 1.96. The summed E-state index contributed by atoms with van der Waals surface area (Å²) in [6.07, 6.45) is 3.37. The minimum Gasteiger partial charge on any atom is -0.508 e. The van der Waals surface area contributed by atoms with Gasteiger partial charge in [0.1, 0.15) is 23.0 Å². The molecule has 1 aliphatic rings. The molecule has 1 atom stereocenters. The van der Waals surface area contributed by atoms with Gasteiger partial charge < -0.3 is 20.1 Å². The Morgan fingerprint density at radius 3 is 2.52 bits per heavy atom. The Labute approximate surface area is 172 Å². The summed E-state index contributed by atoms with van der Waals surface area (Å²) in [7, 11) is 0. The van der Waals surface area contributed by atoms with E-state index in [0.29, 0.717) is 25.0 Å². The molecule has 0 fully saturated rings. The minimum atomic E-state index is -0.0531. The van der Waals surface area contributed by atoms with Gasteiger partial charge in [-0.05, 0) is 55.9 Å². The van der Waals surface area contributed by atoms with Crippen LogP contribution in [0, 0.1) is 5.92 Å². The highest BCUT2D eigenvalue weighted by atomic mass is 16.5. The number of phenols is 3. The summed E-state index contributed by atoms with van der Waals surface area (Å²) in [4.78, 5) is 0. The lowest BCUT2D eigenvalue weighted by molar-refractivity contribution is 0.255. The van der Waals surface area contributed by atoms with E-state index in [1.807, 2.05) is 39.8 Å². The number of rotatable bonds is 5. The van der Waals surface area contributed by atoms with E-state index >= 15 is 0 Å². The largest absolute Gasteiger partial charge is 0.508 e. The van der Waals surface area contributed by atoms with E-state index in [2.05, 4.69) is 12.7 Å². The lowest BCUT2D eigenvalue weighted by atomic mass is 9.85. The van der Waals surface area contributed by atoms with Crippen LogP contribution in [0.2, 0.25) is 0 Å². The fourth-order valence-electron chi connectivity index (χ4n) is 3.71. The van der Waals surface area contributed by atoms with Gasteiger partial charge in [0.2, 0.25) is 0 Å². The molecule has 0 saturated heterocycles. The molecule has 29 heavy (non-hydrogen) atoms. The van der Waals surface area contributed by atoms with E-state index in [9.17, 15) is 15.3 Å². The average Bonchev–Trinajstić information content (AvgIpc) is 2.66. The van der Waals surface area contributed by atoms with E-state index in [4.69, 9.17) is 4.74 Å². The van der Waals surface area contributed by atoms with Crippen molar-refractivity contribution in [1.29, 1.82) is 0 Å². The summed E-state index contributed by atoms with van der Waals surface area (Å²) < 4.78 is 6.08. The number of allylic oxidation sites excluding steroid dienone is 3. The van der Waals surface area contributed by atoms with Gasteiger partial charge in [0.15, 0.2) is 0 Å². The van der Waals surface area contributed by atoms with Crippen LogP contribution >= 0.6 is 0 Å². The Morgan fingerprint density at radius 2 is 1.86 bits per heavy atom. The smallest absolute Gasteiger partial charge is 0.129 e. The standard InChI is InChI=1S/C25H30O4/c1-14(2)6-8-19-22(26)9-7-17-10-18(13-29-25(17)19)21-11-20(16(5)15(3)4)23(27)12-24(21)28/h6-7,9,11-12,15,18,26-28H,5,8,10,13H2,1-4H3. The monoisotopic (exact) mass is 394 g/mol. The topological polar surface area (TPSA) is 69.9 Å². The van der Waals surface area contributed by atoms with Crippen LogP contribution in [0.4, 0.5) is 0 Å². The first-order valence-electron chi connectivity index (χ1n) is 10.0. The van der Waals surface area contributed by atoms with Gasteiger partial charge in [-0.1, -0.05) is 38.1 Å². The van der Waals surface area contributed by atoms with Gasteiger partial charge in [0.25, 0.3) is 0 Å². The number of hydrogen-bond acceptors (Lipinski definition) is 4. The molecule has 0 spiro atoms. The highest BCUT2D eigenvalue weighted by Crippen LogP contribution is 2.43. The van der Waals surface area contributed by atoms with E-state index < -0.39 is 0 Å². The molecule has 1 unspecified atom stereocenters. The second kappa shape index (κ2) is 8.24. The lowest BCUT2D eigenvalue weighted by Crippen LogP contribution is -2.20. The van der Waals surface area contributed by atoms with E-state index in [0.717, 1.165) is 28.0 Å². The first-order chi connectivity index (χ1) is 13.7. The van der Waals surface area contributed by atoms with E-state index in [-0.39, 0.29) is 29.1 Å². The summed E-state index contributed by atoms with van der Waals surface area (Å²) >= 11 is 0. The molecule has 0 aromatic heterocycles. The molecule has 1 heterocycles. The van der Waals surface area contributed by atoms with Crippen molar-refractivity contribution in [3.8, 4) is 23.0 Å². The van der Waals surface area contributed by atoms with Crippen molar-refractivity contribution < 1.29 is 20.1 Å². The van der Waals surface area contributed by atoms with Crippen LogP contribution in [0.5, 0.6) is 23.0 Å². The van der Waals surface area contributed by atoms with Crippen molar-refractivity contribution in [3.63, 3.8) is 0 Å². The van der Waals surface area contributed by atoms with E-state index in [1.165, 1.54) is 11.6 Å². The SMILES string of the molecule is C=C(c1cc(C2COc3c(ccc(O)c3CC=C(C)C)C2)c(O)cc1O)C(C)C. The number of hydrogen-bond donors (Lipinski definition) is 3. The molecule has 2 aromatic carbocycles. The summed E-state index contributed by atoms with van der Waals surface area (Å²) in [6, 6.07) is 6.82. The van der Waals surface area contributed by atoms with Crippen molar-refractivity contribution in [2.24, 2.45) is 5.92 Å². The second-order valence-corrected chi connectivity index (χ2v) is 8.36. The number of fused-ring (bicyclic) bond motifs is 1. The quantitative estimate of drug-likeness (QED) is 0.569. The summed E-state index contributed by atoms with van der Waals surface area (Å²) in [5.41, 5.74) is 5.22. The predicted molar refractivity (Wildman–Crippen MR) is 117 cm³/mol. The fraction of sp³-hybridized carbons (Fsp3) is 0.360. The predicted octanol–water partition coefficient (Wildman–Crippen LogP) is 5.70. The fourth-order valence-corrected chi connectivity index (χ4v) is 3.71. The van der Waals surface area contributed by atoms with Gasteiger partial charge in [-0.3, -0.25) is 0 Å². The molecule has 154 valence electrons. The van der Waals surface area contributed by atoms with Gasteiger partial charge in [-0.25, -0.2) is 0 Å². The van der Waals surface area contributed by atoms with Crippen LogP contribution in [0.15, 0.2) is 42.5 Å². The maximum atomic E-state index is 10.5. The second-order valence-electron chi connectivity index (χ2n) is 8.36. The Bertz CT molecular complexity index is 965. The molecule has 0 radical (unpaired) electrons. The zero-order chi connectivity index (χ0) is 21.3. The zero-order valence-electron chi connectivity index (χ0n) is 17.6. The van der Waals surface area contributed by atoms with Gasteiger partial charge in [0.05, 0.1) is 6.61 Å². The van der Waals surface area contributed by atoms with Gasteiger partial charge in [0, 0.05) is 28.7 Å². The Morgan fingerprint density at radius 1 is 1.14 bits per heavy atom. The maximum Gasteiger partial charge on any atom is 0.129 e. The van der Waals surface area contributed by atoms with Gasteiger partial charge in [-0.2, -0.15) is 0 Å². The Hall–Kier alpha value is -2.88. The molecule has 4 heteroatoms.